The number of ether oxygens (including phenoxy) is 1. The molecule has 168 valence electrons. The normalized spacial score (nSPS) is 15.4. The molecule has 1 saturated heterocycles. The van der Waals surface area contributed by atoms with Crippen molar-refractivity contribution in [2.24, 2.45) is 5.92 Å². The Morgan fingerprint density at radius 2 is 1.97 bits per heavy atom. The van der Waals surface area contributed by atoms with Gasteiger partial charge in [-0.2, -0.15) is 0 Å². The first-order valence-electron chi connectivity index (χ1n) is 9.75. The quantitative estimate of drug-likeness (QED) is 0.566. The van der Waals surface area contributed by atoms with Crippen LogP contribution in [0.4, 0.5) is 5.69 Å². The Morgan fingerprint density at radius 3 is 2.69 bits per heavy atom. The van der Waals surface area contributed by atoms with Gasteiger partial charge in [0.25, 0.3) is 11.8 Å². The van der Waals surface area contributed by atoms with Crippen LogP contribution in [-0.4, -0.2) is 41.9 Å². The molecule has 2 aromatic carbocycles. The molecule has 1 aliphatic heterocycles. The number of amides is 3. The summed E-state index contributed by atoms with van der Waals surface area (Å²) >= 11 is 9.44. The maximum atomic E-state index is 12.3. The van der Waals surface area contributed by atoms with Crippen LogP contribution in [0.25, 0.3) is 0 Å². The van der Waals surface area contributed by atoms with Crippen molar-refractivity contribution < 1.29 is 23.9 Å². The van der Waals surface area contributed by atoms with Crippen molar-refractivity contribution in [1.29, 1.82) is 0 Å². The van der Waals surface area contributed by atoms with Crippen LogP contribution in [0.1, 0.15) is 27.9 Å². The molecule has 0 saturated carbocycles. The van der Waals surface area contributed by atoms with Crippen LogP contribution in [0.5, 0.6) is 0 Å². The van der Waals surface area contributed by atoms with Crippen LogP contribution in [0.3, 0.4) is 0 Å². The Bertz CT molecular complexity index is 1090. The highest BCUT2D eigenvalue weighted by Gasteiger charge is 2.36. The fourth-order valence-electron chi connectivity index (χ4n) is 3.18. The predicted octanol–water partition coefficient (Wildman–Crippen LogP) is 3.39. The van der Waals surface area contributed by atoms with E-state index in [2.05, 4.69) is 26.7 Å². The van der Waals surface area contributed by atoms with Gasteiger partial charge >= 0.3 is 5.97 Å². The zero-order valence-electron chi connectivity index (χ0n) is 17.4. The average molecular weight is 523 g/mol. The van der Waals surface area contributed by atoms with Gasteiger partial charge < -0.3 is 10.1 Å². The van der Waals surface area contributed by atoms with Crippen molar-refractivity contribution in [2.45, 2.75) is 20.3 Å². The first-order chi connectivity index (χ1) is 15.2. The lowest BCUT2D eigenvalue weighted by molar-refractivity contribution is -0.151. The van der Waals surface area contributed by atoms with Crippen LogP contribution in [0.15, 0.2) is 40.9 Å². The summed E-state index contributed by atoms with van der Waals surface area (Å²) in [6, 6.07) is 10.3. The standard InChI is InChI=1S/C22H21BrClN3O5/c1-12-4-3-5-14(8-12)21(30)26-27-10-15(9-19(27)29)22(31)32-11-18(28)25-17-7-6-16(23)20(24)13(17)2/h3-8,15H,9-11H2,1-2H3,(H,25,28)(H,26,30)/t15-/m1/s1. The molecule has 2 N–H and O–H groups in total. The minimum Gasteiger partial charge on any atom is -0.455 e. The molecule has 0 spiro atoms. The molecule has 10 heteroatoms. The Morgan fingerprint density at radius 1 is 1.22 bits per heavy atom. The summed E-state index contributed by atoms with van der Waals surface area (Å²) in [7, 11) is 0. The Kier molecular flexibility index (Phi) is 7.52. The van der Waals surface area contributed by atoms with Crippen LogP contribution in [0, 0.1) is 19.8 Å². The molecular formula is C22H21BrClN3O5. The zero-order chi connectivity index (χ0) is 23.4. The van der Waals surface area contributed by atoms with Crippen molar-refractivity contribution in [3.05, 3.63) is 62.6 Å². The van der Waals surface area contributed by atoms with Gasteiger partial charge in [-0.1, -0.05) is 29.3 Å². The third-order valence-corrected chi connectivity index (χ3v) is 6.31. The highest BCUT2D eigenvalue weighted by Crippen LogP contribution is 2.31. The molecule has 0 aliphatic carbocycles. The molecular weight excluding hydrogens is 502 g/mol. The molecule has 1 aliphatic rings. The maximum absolute atomic E-state index is 12.3. The average Bonchev–Trinajstić information content (AvgIpc) is 3.12. The van der Waals surface area contributed by atoms with Gasteiger partial charge in [0.05, 0.1) is 17.5 Å². The molecule has 0 radical (unpaired) electrons. The van der Waals surface area contributed by atoms with E-state index >= 15 is 0 Å². The van der Waals surface area contributed by atoms with E-state index in [9.17, 15) is 19.2 Å². The van der Waals surface area contributed by atoms with E-state index in [1.807, 2.05) is 13.0 Å². The van der Waals surface area contributed by atoms with E-state index in [0.717, 1.165) is 10.6 Å². The number of rotatable bonds is 6. The Balaban J connectivity index is 1.50. The first-order valence-corrected chi connectivity index (χ1v) is 10.9. The van der Waals surface area contributed by atoms with Gasteiger partial charge in [0.2, 0.25) is 5.91 Å². The smallest absolute Gasteiger partial charge is 0.311 e. The Hall–Kier alpha value is -2.91. The Labute approximate surface area is 198 Å². The molecule has 32 heavy (non-hydrogen) atoms. The van der Waals surface area contributed by atoms with Gasteiger partial charge in [-0.3, -0.25) is 29.6 Å². The molecule has 1 heterocycles. The molecule has 1 atom stereocenters. The molecule has 2 aromatic rings. The van der Waals surface area contributed by atoms with E-state index < -0.39 is 36.2 Å². The van der Waals surface area contributed by atoms with Gasteiger partial charge in [0.1, 0.15) is 0 Å². The molecule has 0 aromatic heterocycles. The van der Waals surface area contributed by atoms with Gasteiger partial charge in [0.15, 0.2) is 6.61 Å². The summed E-state index contributed by atoms with van der Waals surface area (Å²) in [4.78, 5) is 49.1. The molecule has 3 rings (SSSR count). The highest BCUT2D eigenvalue weighted by atomic mass is 79.9. The van der Waals surface area contributed by atoms with Gasteiger partial charge in [-0.25, -0.2) is 0 Å². The second-order valence-electron chi connectivity index (χ2n) is 7.41. The summed E-state index contributed by atoms with van der Waals surface area (Å²) in [5.74, 6) is -2.85. The summed E-state index contributed by atoms with van der Waals surface area (Å²) in [6.07, 6.45) is -0.115. The lowest BCUT2D eigenvalue weighted by Gasteiger charge is -2.17. The highest BCUT2D eigenvalue weighted by molar-refractivity contribution is 9.10. The summed E-state index contributed by atoms with van der Waals surface area (Å²) in [5, 5.41) is 4.21. The third kappa shape index (κ3) is 5.66. The van der Waals surface area contributed by atoms with E-state index in [4.69, 9.17) is 16.3 Å². The number of carbonyl (C=O) groups excluding carboxylic acids is 4. The third-order valence-electron chi connectivity index (χ3n) is 4.93. The summed E-state index contributed by atoms with van der Waals surface area (Å²) < 4.78 is 5.77. The SMILES string of the molecule is Cc1cccc(C(=O)NN2C[C@H](C(=O)OCC(=O)Nc3ccc(Br)c(Cl)c3C)CC2=O)c1. The van der Waals surface area contributed by atoms with Gasteiger partial charge in [0, 0.05) is 22.1 Å². The number of esters is 1. The summed E-state index contributed by atoms with van der Waals surface area (Å²) in [6.45, 7) is 3.07. The topological polar surface area (TPSA) is 105 Å². The van der Waals surface area contributed by atoms with Crippen LogP contribution < -0.4 is 10.7 Å². The van der Waals surface area contributed by atoms with Crippen molar-refractivity contribution >= 4 is 56.9 Å². The van der Waals surface area contributed by atoms with Crippen LogP contribution in [0.2, 0.25) is 5.02 Å². The van der Waals surface area contributed by atoms with Crippen molar-refractivity contribution in [2.75, 3.05) is 18.5 Å². The molecule has 8 nitrogen and oxygen atoms in total. The van der Waals surface area contributed by atoms with Crippen LogP contribution >= 0.6 is 27.5 Å². The van der Waals surface area contributed by atoms with E-state index in [0.29, 0.717) is 26.3 Å². The number of hydrogen-bond donors (Lipinski definition) is 2. The number of hydrogen-bond acceptors (Lipinski definition) is 5. The molecule has 1 fully saturated rings. The number of carbonyl (C=O) groups is 4. The number of anilines is 1. The first kappa shape index (κ1) is 23.7. The molecule has 3 amide bonds. The van der Waals surface area contributed by atoms with Crippen molar-refractivity contribution in [3.8, 4) is 0 Å². The minimum atomic E-state index is -0.781. The molecule has 0 unspecified atom stereocenters. The number of hydrazine groups is 1. The van der Waals surface area contributed by atoms with Crippen molar-refractivity contribution in [1.82, 2.24) is 10.4 Å². The monoisotopic (exact) mass is 521 g/mol. The maximum Gasteiger partial charge on any atom is 0.311 e. The van der Waals surface area contributed by atoms with E-state index in [1.165, 1.54) is 0 Å². The number of halogens is 2. The van der Waals surface area contributed by atoms with E-state index in [1.54, 1.807) is 37.3 Å². The lowest BCUT2D eigenvalue weighted by Crippen LogP contribution is -2.43. The second kappa shape index (κ2) is 10.1. The largest absolute Gasteiger partial charge is 0.455 e. The predicted molar refractivity (Wildman–Crippen MR) is 122 cm³/mol. The van der Waals surface area contributed by atoms with Crippen LogP contribution in [-0.2, 0) is 19.1 Å². The number of nitrogens with one attached hydrogen (secondary N) is 2. The number of nitrogens with zero attached hydrogens (tertiary/aromatic N) is 1. The lowest BCUT2D eigenvalue weighted by atomic mass is 10.1. The molecule has 0 bridgehead atoms. The van der Waals surface area contributed by atoms with Crippen molar-refractivity contribution in [3.63, 3.8) is 0 Å². The van der Waals surface area contributed by atoms with Gasteiger partial charge in [-0.15, -0.1) is 0 Å². The van der Waals surface area contributed by atoms with Gasteiger partial charge in [-0.05, 0) is 59.6 Å². The minimum absolute atomic E-state index is 0.0295. The fourth-order valence-corrected chi connectivity index (χ4v) is 3.77. The fraction of sp³-hybridized carbons (Fsp3) is 0.273. The zero-order valence-corrected chi connectivity index (χ0v) is 19.7. The number of aryl methyl sites for hydroxylation is 1. The number of benzene rings is 2. The summed E-state index contributed by atoms with van der Waals surface area (Å²) in [5.41, 5.74) is 5.00. The van der Waals surface area contributed by atoms with E-state index in [-0.39, 0.29) is 13.0 Å². The second-order valence-corrected chi connectivity index (χ2v) is 8.64.